The van der Waals surface area contributed by atoms with E-state index in [0.717, 1.165) is 22.8 Å². The number of nitrogens with zero attached hydrogens (tertiary/aromatic N) is 3. The van der Waals surface area contributed by atoms with Crippen LogP contribution in [0.25, 0.3) is 0 Å². The number of rotatable bonds is 5. The topological polar surface area (TPSA) is 98.1 Å². The molecule has 8 heteroatoms. The van der Waals surface area contributed by atoms with E-state index in [9.17, 15) is 4.79 Å². The number of carbonyl (C=O) groups excluding carboxylic acids is 1. The molecule has 0 unspecified atom stereocenters. The van der Waals surface area contributed by atoms with Crippen LogP contribution in [0.15, 0.2) is 33.3 Å². The van der Waals surface area contributed by atoms with Crippen LogP contribution < -0.4 is 10.6 Å². The van der Waals surface area contributed by atoms with Crippen molar-refractivity contribution in [1.82, 2.24) is 20.3 Å². The maximum atomic E-state index is 12.1. The second-order valence-electron chi connectivity index (χ2n) is 5.50. The minimum Gasteiger partial charge on any atom is -0.464 e. The Hall–Kier alpha value is -3.03. The van der Waals surface area contributed by atoms with E-state index < -0.39 is 0 Å². The first kappa shape index (κ1) is 15.9. The molecule has 0 radical (unpaired) electrons. The fourth-order valence-electron chi connectivity index (χ4n) is 2.37. The van der Waals surface area contributed by atoms with Crippen LogP contribution in [0.4, 0.5) is 10.6 Å². The molecule has 0 aliphatic carbocycles. The second-order valence-corrected chi connectivity index (χ2v) is 5.50. The van der Waals surface area contributed by atoms with Crippen LogP contribution in [0.3, 0.4) is 0 Å². The number of hydrogen-bond acceptors (Lipinski definition) is 5. The maximum Gasteiger partial charge on any atom is 0.320 e. The minimum absolute atomic E-state index is 0.327. The lowest BCUT2D eigenvalue weighted by molar-refractivity contribution is 0.251. The van der Waals surface area contributed by atoms with E-state index in [1.54, 1.807) is 16.9 Å². The van der Waals surface area contributed by atoms with Crippen molar-refractivity contribution < 1.29 is 13.7 Å². The van der Waals surface area contributed by atoms with E-state index in [1.807, 2.05) is 32.9 Å². The first-order chi connectivity index (χ1) is 11.5. The van der Waals surface area contributed by atoms with Gasteiger partial charge in [0.15, 0.2) is 0 Å². The van der Waals surface area contributed by atoms with E-state index in [4.69, 9.17) is 8.94 Å². The Bertz CT molecular complexity index is 826. The molecule has 8 nitrogen and oxygen atoms in total. The average Bonchev–Trinajstić information content (AvgIpc) is 3.22. The quantitative estimate of drug-likeness (QED) is 0.750. The van der Waals surface area contributed by atoms with Crippen molar-refractivity contribution in [2.45, 2.75) is 33.9 Å². The Morgan fingerprint density at radius 3 is 2.75 bits per heavy atom. The Morgan fingerprint density at radius 2 is 2.08 bits per heavy atom. The number of nitrogens with one attached hydrogen (secondary N) is 2. The first-order valence-electron chi connectivity index (χ1n) is 7.56. The molecule has 0 aromatic carbocycles. The highest BCUT2D eigenvalue weighted by atomic mass is 16.5. The Balaban J connectivity index is 1.60. The Morgan fingerprint density at radius 1 is 1.25 bits per heavy atom. The molecular formula is C16H19N5O3. The molecule has 3 rings (SSSR count). The third-order valence-electron chi connectivity index (χ3n) is 3.67. The highest BCUT2D eigenvalue weighted by Crippen LogP contribution is 2.14. The van der Waals surface area contributed by atoms with E-state index in [-0.39, 0.29) is 6.03 Å². The summed E-state index contributed by atoms with van der Waals surface area (Å²) >= 11 is 0. The van der Waals surface area contributed by atoms with E-state index in [0.29, 0.717) is 24.7 Å². The Labute approximate surface area is 138 Å². The van der Waals surface area contributed by atoms with Crippen LogP contribution in [0, 0.1) is 20.8 Å². The van der Waals surface area contributed by atoms with Gasteiger partial charge >= 0.3 is 6.03 Å². The van der Waals surface area contributed by atoms with Crippen molar-refractivity contribution in [3.05, 3.63) is 52.9 Å². The summed E-state index contributed by atoms with van der Waals surface area (Å²) in [7, 11) is 0. The van der Waals surface area contributed by atoms with Crippen molar-refractivity contribution in [1.29, 1.82) is 0 Å². The first-order valence-corrected chi connectivity index (χ1v) is 7.56. The van der Waals surface area contributed by atoms with Gasteiger partial charge in [-0.3, -0.25) is 5.32 Å². The summed E-state index contributed by atoms with van der Waals surface area (Å²) in [6.45, 7) is 6.33. The number of amides is 2. The highest BCUT2D eigenvalue weighted by Gasteiger charge is 2.12. The lowest BCUT2D eigenvalue weighted by Crippen LogP contribution is -2.29. The van der Waals surface area contributed by atoms with Gasteiger partial charge in [-0.05, 0) is 32.9 Å². The molecule has 0 atom stereocenters. The number of carbonyl (C=O) groups is 1. The standard InChI is InChI=1S/C16H19N5O3/c1-10-4-5-13(23-10)9-21-15(6-7-18-21)19-16(22)17-8-14-11(2)20-24-12(14)3/h4-7H,8-9H2,1-3H3,(H2,17,19,22). The zero-order chi connectivity index (χ0) is 17.1. The molecule has 0 bridgehead atoms. The third kappa shape index (κ3) is 3.48. The van der Waals surface area contributed by atoms with Crippen LogP contribution in [-0.2, 0) is 13.1 Å². The molecule has 126 valence electrons. The predicted molar refractivity (Wildman–Crippen MR) is 86.6 cm³/mol. The summed E-state index contributed by atoms with van der Waals surface area (Å²) in [6, 6.07) is 5.18. The van der Waals surface area contributed by atoms with Gasteiger partial charge in [0.2, 0.25) is 0 Å². The molecule has 0 saturated carbocycles. The lowest BCUT2D eigenvalue weighted by Gasteiger charge is -2.09. The van der Waals surface area contributed by atoms with Gasteiger partial charge in [-0.15, -0.1) is 0 Å². The van der Waals surface area contributed by atoms with Gasteiger partial charge < -0.3 is 14.3 Å². The molecule has 24 heavy (non-hydrogen) atoms. The SMILES string of the molecule is Cc1ccc(Cn2nccc2NC(=O)NCc2c(C)noc2C)o1. The van der Waals surface area contributed by atoms with Crippen molar-refractivity contribution in [3.8, 4) is 0 Å². The van der Waals surface area contributed by atoms with Gasteiger partial charge in [0.05, 0.1) is 11.9 Å². The average molecular weight is 329 g/mol. The molecule has 2 amide bonds. The fourth-order valence-corrected chi connectivity index (χ4v) is 2.37. The van der Waals surface area contributed by atoms with Crippen molar-refractivity contribution >= 4 is 11.8 Å². The number of aromatic nitrogens is 3. The highest BCUT2D eigenvalue weighted by molar-refractivity contribution is 5.88. The molecule has 0 aliphatic heterocycles. The van der Waals surface area contributed by atoms with Gasteiger partial charge in [0.1, 0.15) is 29.6 Å². The summed E-state index contributed by atoms with van der Waals surface area (Å²) in [6.07, 6.45) is 1.62. The summed E-state index contributed by atoms with van der Waals surface area (Å²) in [5.74, 6) is 2.89. The predicted octanol–water partition coefficient (Wildman–Crippen LogP) is 2.76. The molecule has 3 aromatic rings. The second kappa shape index (κ2) is 6.61. The minimum atomic E-state index is -0.327. The molecule has 0 aliphatic rings. The van der Waals surface area contributed by atoms with Gasteiger partial charge in [-0.2, -0.15) is 5.10 Å². The third-order valence-corrected chi connectivity index (χ3v) is 3.67. The summed E-state index contributed by atoms with van der Waals surface area (Å²) in [5.41, 5.74) is 1.65. The van der Waals surface area contributed by atoms with Gasteiger partial charge in [0, 0.05) is 18.2 Å². The lowest BCUT2D eigenvalue weighted by atomic mass is 10.2. The number of anilines is 1. The normalized spacial score (nSPS) is 10.8. The van der Waals surface area contributed by atoms with Crippen molar-refractivity contribution in [2.24, 2.45) is 0 Å². The summed E-state index contributed by atoms with van der Waals surface area (Å²) in [4.78, 5) is 12.1. The van der Waals surface area contributed by atoms with Crippen LogP contribution in [0.2, 0.25) is 0 Å². The van der Waals surface area contributed by atoms with E-state index >= 15 is 0 Å². The Kier molecular flexibility index (Phi) is 4.37. The van der Waals surface area contributed by atoms with E-state index in [2.05, 4.69) is 20.9 Å². The van der Waals surface area contributed by atoms with E-state index in [1.165, 1.54) is 0 Å². The molecule has 2 N–H and O–H groups in total. The van der Waals surface area contributed by atoms with Gasteiger partial charge in [0.25, 0.3) is 0 Å². The zero-order valence-corrected chi connectivity index (χ0v) is 13.8. The number of furan rings is 1. The van der Waals surface area contributed by atoms with Crippen LogP contribution >= 0.6 is 0 Å². The smallest absolute Gasteiger partial charge is 0.320 e. The van der Waals surface area contributed by atoms with Crippen molar-refractivity contribution in [2.75, 3.05) is 5.32 Å². The summed E-state index contributed by atoms with van der Waals surface area (Å²) < 4.78 is 12.3. The molecule has 0 saturated heterocycles. The molecule has 3 aromatic heterocycles. The summed E-state index contributed by atoms with van der Waals surface area (Å²) in [5, 5.41) is 13.6. The van der Waals surface area contributed by atoms with Crippen LogP contribution in [0.5, 0.6) is 0 Å². The number of hydrogen-bond donors (Lipinski definition) is 2. The van der Waals surface area contributed by atoms with Crippen molar-refractivity contribution in [3.63, 3.8) is 0 Å². The maximum absolute atomic E-state index is 12.1. The number of aryl methyl sites for hydroxylation is 3. The zero-order valence-electron chi connectivity index (χ0n) is 13.8. The molecule has 0 fully saturated rings. The van der Waals surface area contributed by atoms with Crippen LogP contribution in [0.1, 0.15) is 28.5 Å². The molecule has 0 spiro atoms. The van der Waals surface area contributed by atoms with Crippen LogP contribution in [-0.4, -0.2) is 21.0 Å². The van der Waals surface area contributed by atoms with Gasteiger partial charge in [-0.25, -0.2) is 9.48 Å². The fraction of sp³-hybridized carbons (Fsp3) is 0.312. The molecule has 3 heterocycles. The monoisotopic (exact) mass is 329 g/mol. The largest absolute Gasteiger partial charge is 0.464 e. The molecular weight excluding hydrogens is 310 g/mol. The number of urea groups is 1. The van der Waals surface area contributed by atoms with Gasteiger partial charge in [-0.1, -0.05) is 5.16 Å².